The van der Waals surface area contributed by atoms with E-state index in [0.29, 0.717) is 19.1 Å². The molecule has 4 nitrogen and oxygen atoms in total. The molecule has 1 aliphatic rings. The molecular formula is C18H28BrClN2O2. The Balaban J connectivity index is 0.00000288. The molecule has 1 aliphatic heterocycles. The first-order valence-electron chi connectivity index (χ1n) is 8.51. The number of amides is 1. The van der Waals surface area contributed by atoms with E-state index in [4.69, 9.17) is 4.74 Å². The fraction of sp³-hybridized carbons (Fsp3) is 0.611. The lowest BCUT2D eigenvalue weighted by atomic mass is 10.0. The Bertz CT molecular complexity index is 522. The molecule has 0 spiro atoms. The van der Waals surface area contributed by atoms with Gasteiger partial charge in [0.05, 0.1) is 17.5 Å². The molecule has 1 amide bonds. The number of nitrogens with zero attached hydrogens (tertiary/aromatic N) is 1. The van der Waals surface area contributed by atoms with Crippen LogP contribution in [0.1, 0.15) is 38.2 Å². The molecule has 2 rings (SSSR count). The van der Waals surface area contributed by atoms with Crippen molar-refractivity contribution < 1.29 is 9.53 Å². The third-order valence-corrected chi connectivity index (χ3v) is 4.81. The highest BCUT2D eigenvalue weighted by Crippen LogP contribution is 2.26. The van der Waals surface area contributed by atoms with Crippen molar-refractivity contribution in [2.75, 3.05) is 26.2 Å². The fourth-order valence-electron chi connectivity index (χ4n) is 2.99. The predicted molar refractivity (Wildman–Crippen MR) is 104 cm³/mol. The van der Waals surface area contributed by atoms with Gasteiger partial charge in [0.1, 0.15) is 5.75 Å². The first-order chi connectivity index (χ1) is 11.1. The van der Waals surface area contributed by atoms with E-state index in [0.717, 1.165) is 49.1 Å². The standard InChI is InChI=1S/C18H27BrN2O2.ClH/c1-3-11-21(15-6-9-20-10-7-15)18(22)8-12-23-17-5-4-14(2)13-16(17)19;/h4-5,13,15,20H,3,6-12H2,1-2H3;1H. The number of hydrogen-bond acceptors (Lipinski definition) is 3. The Kier molecular flexibility index (Phi) is 9.71. The maximum Gasteiger partial charge on any atom is 0.226 e. The number of carbonyl (C=O) groups is 1. The van der Waals surface area contributed by atoms with Crippen LogP contribution in [-0.4, -0.2) is 43.1 Å². The largest absolute Gasteiger partial charge is 0.492 e. The summed E-state index contributed by atoms with van der Waals surface area (Å²) in [6.07, 6.45) is 3.54. The molecule has 0 radical (unpaired) electrons. The molecule has 1 N–H and O–H groups in total. The summed E-state index contributed by atoms with van der Waals surface area (Å²) in [5, 5.41) is 3.36. The highest BCUT2D eigenvalue weighted by atomic mass is 79.9. The molecule has 1 fully saturated rings. The molecule has 24 heavy (non-hydrogen) atoms. The molecule has 136 valence electrons. The van der Waals surface area contributed by atoms with Crippen molar-refractivity contribution in [1.82, 2.24) is 10.2 Å². The van der Waals surface area contributed by atoms with Crippen molar-refractivity contribution in [3.63, 3.8) is 0 Å². The monoisotopic (exact) mass is 418 g/mol. The summed E-state index contributed by atoms with van der Waals surface area (Å²) in [7, 11) is 0. The second-order valence-electron chi connectivity index (χ2n) is 6.10. The van der Waals surface area contributed by atoms with E-state index in [9.17, 15) is 4.79 Å². The highest BCUT2D eigenvalue weighted by Gasteiger charge is 2.24. The summed E-state index contributed by atoms with van der Waals surface area (Å²) in [5.74, 6) is 1.01. The maximum atomic E-state index is 12.6. The third kappa shape index (κ3) is 6.26. The van der Waals surface area contributed by atoms with Gasteiger partial charge >= 0.3 is 0 Å². The van der Waals surface area contributed by atoms with E-state index >= 15 is 0 Å². The van der Waals surface area contributed by atoms with Gasteiger partial charge in [0.2, 0.25) is 5.91 Å². The molecule has 0 aliphatic carbocycles. The maximum absolute atomic E-state index is 12.6. The third-order valence-electron chi connectivity index (χ3n) is 4.20. The van der Waals surface area contributed by atoms with Crippen LogP contribution in [0.4, 0.5) is 0 Å². The van der Waals surface area contributed by atoms with E-state index in [1.807, 2.05) is 25.1 Å². The van der Waals surface area contributed by atoms with Crippen LogP contribution in [0.25, 0.3) is 0 Å². The van der Waals surface area contributed by atoms with Crippen molar-refractivity contribution in [3.8, 4) is 5.75 Å². The van der Waals surface area contributed by atoms with Crippen molar-refractivity contribution in [2.45, 2.75) is 45.6 Å². The number of hydrogen-bond donors (Lipinski definition) is 1. The van der Waals surface area contributed by atoms with Gasteiger partial charge in [0, 0.05) is 12.6 Å². The predicted octanol–water partition coefficient (Wildman–Crippen LogP) is 3.94. The van der Waals surface area contributed by atoms with Gasteiger partial charge in [-0.25, -0.2) is 0 Å². The van der Waals surface area contributed by atoms with Crippen LogP contribution in [0.2, 0.25) is 0 Å². The molecule has 1 heterocycles. The number of piperidine rings is 1. The zero-order valence-corrected chi connectivity index (χ0v) is 16.9. The Morgan fingerprint density at radius 3 is 2.71 bits per heavy atom. The van der Waals surface area contributed by atoms with Crippen LogP contribution in [0.3, 0.4) is 0 Å². The average molecular weight is 420 g/mol. The minimum Gasteiger partial charge on any atom is -0.492 e. The number of benzene rings is 1. The van der Waals surface area contributed by atoms with E-state index in [1.54, 1.807) is 0 Å². The fourth-order valence-corrected chi connectivity index (χ4v) is 3.59. The number of halogens is 2. The van der Waals surface area contributed by atoms with Gasteiger partial charge in [0.25, 0.3) is 0 Å². The van der Waals surface area contributed by atoms with Crippen LogP contribution in [0.15, 0.2) is 22.7 Å². The van der Waals surface area contributed by atoms with Gasteiger partial charge in [-0.3, -0.25) is 4.79 Å². The summed E-state index contributed by atoms with van der Waals surface area (Å²) in [6, 6.07) is 6.37. The summed E-state index contributed by atoms with van der Waals surface area (Å²) < 4.78 is 6.71. The average Bonchev–Trinajstić information content (AvgIpc) is 2.55. The zero-order valence-electron chi connectivity index (χ0n) is 14.5. The topological polar surface area (TPSA) is 41.6 Å². The summed E-state index contributed by atoms with van der Waals surface area (Å²) in [6.45, 7) is 7.44. The number of nitrogens with one attached hydrogen (secondary N) is 1. The molecule has 0 bridgehead atoms. The smallest absolute Gasteiger partial charge is 0.226 e. The molecule has 1 aromatic rings. The first-order valence-corrected chi connectivity index (χ1v) is 9.30. The number of rotatable bonds is 7. The Morgan fingerprint density at radius 2 is 2.08 bits per heavy atom. The molecule has 0 aromatic heterocycles. The van der Waals surface area contributed by atoms with Crippen LogP contribution >= 0.6 is 28.3 Å². The summed E-state index contributed by atoms with van der Waals surface area (Å²) >= 11 is 3.50. The lowest BCUT2D eigenvalue weighted by molar-refractivity contribution is -0.134. The zero-order chi connectivity index (χ0) is 16.7. The molecule has 0 unspecified atom stereocenters. The minimum absolute atomic E-state index is 0. The molecule has 0 saturated carbocycles. The van der Waals surface area contributed by atoms with Crippen LogP contribution in [-0.2, 0) is 4.79 Å². The number of ether oxygens (including phenoxy) is 1. The minimum atomic E-state index is 0. The van der Waals surface area contributed by atoms with Crippen LogP contribution in [0, 0.1) is 6.92 Å². The molecule has 0 atom stereocenters. The molecular weight excluding hydrogens is 392 g/mol. The van der Waals surface area contributed by atoms with Gasteiger partial charge in [-0.1, -0.05) is 13.0 Å². The quantitative estimate of drug-likeness (QED) is 0.728. The van der Waals surface area contributed by atoms with E-state index in [1.165, 1.54) is 5.56 Å². The van der Waals surface area contributed by atoms with Crippen molar-refractivity contribution >= 4 is 34.2 Å². The van der Waals surface area contributed by atoms with Gasteiger partial charge in [0.15, 0.2) is 0 Å². The van der Waals surface area contributed by atoms with Gasteiger partial charge in [-0.05, 0) is 72.9 Å². The normalized spacial score (nSPS) is 14.8. The van der Waals surface area contributed by atoms with Crippen molar-refractivity contribution in [2.24, 2.45) is 0 Å². The van der Waals surface area contributed by atoms with E-state index < -0.39 is 0 Å². The Labute approximate surface area is 159 Å². The second kappa shape index (κ2) is 11.0. The van der Waals surface area contributed by atoms with Crippen molar-refractivity contribution in [3.05, 3.63) is 28.2 Å². The first kappa shape index (κ1) is 21.3. The number of carbonyl (C=O) groups excluding carboxylic acids is 1. The molecule has 1 aromatic carbocycles. The van der Waals surface area contributed by atoms with Crippen LogP contribution < -0.4 is 10.1 Å². The highest BCUT2D eigenvalue weighted by molar-refractivity contribution is 9.10. The van der Waals surface area contributed by atoms with Gasteiger partial charge in [-0.15, -0.1) is 12.4 Å². The van der Waals surface area contributed by atoms with Gasteiger partial charge < -0.3 is 15.0 Å². The number of aryl methyl sites for hydroxylation is 1. The SMILES string of the molecule is CCCN(C(=O)CCOc1ccc(C)cc1Br)C1CCNCC1.Cl. The van der Waals surface area contributed by atoms with Crippen LogP contribution in [0.5, 0.6) is 5.75 Å². The lowest BCUT2D eigenvalue weighted by Gasteiger charge is -2.34. The van der Waals surface area contributed by atoms with Gasteiger partial charge in [-0.2, -0.15) is 0 Å². The molecule has 1 saturated heterocycles. The summed E-state index contributed by atoms with van der Waals surface area (Å²) in [5.41, 5.74) is 1.18. The second-order valence-corrected chi connectivity index (χ2v) is 6.95. The summed E-state index contributed by atoms with van der Waals surface area (Å²) in [4.78, 5) is 14.6. The van der Waals surface area contributed by atoms with E-state index in [-0.39, 0.29) is 18.3 Å². The Hall–Kier alpha value is -0.780. The van der Waals surface area contributed by atoms with E-state index in [2.05, 4.69) is 33.1 Å². The Morgan fingerprint density at radius 1 is 1.38 bits per heavy atom. The lowest BCUT2D eigenvalue weighted by Crippen LogP contribution is -2.46. The van der Waals surface area contributed by atoms with Crippen molar-refractivity contribution in [1.29, 1.82) is 0 Å². The molecule has 6 heteroatoms.